The Hall–Kier alpha value is -2.51. The van der Waals surface area contributed by atoms with Crippen molar-refractivity contribution in [2.24, 2.45) is 5.92 Å². The van der Waals surface area contributed by atoms with Gasteiger partial charge < -0.3 is 14.4 Å². The van der Waals surface area contributed by atoms with Gasteiger partial charge in [-0.1, -0.05) is 12.1 Å². The van der Waals surface area contributed by atoms with Crippen molar-refractivity contribution in [3.63, 3.8) is 0 Å². The molecule has 7 heteroatoms. The molecule has 2 aliphatic rings. The number of piperidine rings is 1. The zero-order chi connectivity index (χ0) is 22.5. The van der Waals surface area contributed by atoms with Crippen molar-refractivity contribution >= 4 is 5.97 Å². The van der Waals surface area contributed by atoms with Crippen molar-refractivity contribution in [1.82, 2.24) is 14.8 Å². The minimum atomic E-state index is -0.398. The number of esters is 1. The van der Waals surface area contributed by atoms with Gasteiger partial charge in [-0.2, -0.15) is 0 Å². The van der Waals surface area contributed by atoms with Crippen molar-refractivity contribution in [3.8, 4) is 5.88 Å². The van der Waals surface area contributed by atoms with Gasteiger partial charge in [-0.3, -0.25) is 4.90 Å². The summed E-state index contributed by atoms with van der Waals surface area (Å²) in [5, 5.41) is 0. The second kappa shape index (κ2) is 10.4. The van der Waals surface area contributed by atoms with E-state index in [9.17, 15) is 9.18 Å². The average molecular weight is 442 g/mol. The van der Waals surface area contributed by atoms with Crippen molar-refractivity contribution in [1.29, 1.82) is 0 Å². The molecule has 2 fully saturated rings. The minimum absolute atomic E-state index is 0.163. The standard InChI is InChI=1S/C25H32FN3O3/c1-28(23-15-22(23)19-3-6-21(26)7-4-19)17-18-9-11-29(12-10-18)13-14-32-24-8-5-20(16-27-24)25(30)31-2/h3-8,16,18,22-23H,9-15,17H2,1-2H3. The SMILES string of the molecule is COC(=O)c1ccc(OCCN2CCC(CN(C)C3CC3c3ccc(F)cc3)CC2)nc1. The highest BCUT2D eigenvalue weighted by atomic mass is 19.1. The molecule has 2 heterocycles. The highest BCUT2D eigenvalue weighted by Crippen LogP contribution is 2.44. The normalized spacial score (nSPS) is 21.5. The van der Waals surface area contributed by atoms with E-state index in [2.05, 4.69) is 26.6 Å². The van der Waals surface area contributed by atoms with E-state index >= 15 is 0 Å². The van der Waals surface area contributed by atoms with Crippen LogP contribution in [-0.2, 0) is 4.74 Å². The molecule has 32 heavy (non-hydrogen) atoms. The minimum Gasteiger partial charge on any atom is -0.476 e. The molecule has 1 saturated heterocycles. The van der Waals surface area contributed by atoms with Crippen LogP contribution in [0.4, 0.5) is 4.39 Å². The molecular formula is C25H32FN3O3. The van der Waals surface area contributed by atoms with E-state index in [0.29, 0.717) is 30.0 Å². The third-order valence-corrected chi connectivity index (χ3v) is 6.69. The molecule has 1 aromatic carbocycles. The predicted molar refractivity (Wildman–Crippen MR) is 120 cm³/mol. The molecule has 1 aliphatic carbocycles. The molecule has 2 atom stereocenters. The van der Waals surface area contributed by atoms with E-state index in [1.54, 1.807) is 24.3 Å². The number of hydrogen-bond acceptors (Lipinski definition) is 6. The Morgan fingerprint density at radius 2 is 1.94 bits per heavy atom. The first-order valence-electron chi connectivity index (χ1n) is 11.4. The molecular weight excluding hydrogens is 409 g/mol. The van der Waals surface area contributed by atoms with Crippen LogP contribution in [0.25, 0.3) is 0 Å². The van der Waals surface area contributed by atoms with Crippen molar-refractivity contribution in [3.05, 3.63) is 59.5 Å². The first-order valence-corrected chi connectivity index (χ1v) is 11.4. The smallest absolute Gasteiger partial charge is 0.339 e. The van der Waals surface area contributed by atoms with Crippen molar-refractivity contribution < 1.29 is 18.7 Å². The second-order valence-corrected chi connectivity index (χ2v) is 8.91. The third-order valence-electron chi connectivity index (χ3n) is 6.69. The number of benzene rings is 1. The molecule has 1 aliphatic heterocycles. The summed E-state index contributed by atoms with van der Waals surface area (Å²) in [6.07, 6.45) is 5.05. The van der Waals surface area contributed by atoms with Crippen molar-refractivity contribution in [2.45, 2.75) is 31.2 Å². The summed E-state index contributed by atoms with van der Waals surface area (Å²) in [4.78, 5) is 20.6. The largest absolute Gasteiger partial charge is 0.476 e. The van der Waals surface area contributed by atoms with Gasteiger partial charge in [-0.25, -0.2) is 14.2 Å². The second-order valence-electron chi connectivity index (χ2n) is 8.91. The molecule has 6 nitrogen and oxygen atoms in total. The molecule has 172 valence electrons. The van der Waals surface area contributed by atoms with Gasteiger partial charge in [0, 0.05) is 37.3 Å². The number of rotatable bonds is 9. The van der Waals surface area contributed by atoms with Gasteiger partial charge >= 0.3 is 5.97 Å². The zero-order valence-corrected chi connectivity index (χ0v) is 18.9. The molecule has 0 spiro atoms. The van der Waals surface area contributed by atoms with E-state index in [-0.39, 0.29) is 5.82 Å². The maximum absolute atomic E-state index is 13.1. The highest BCUT2D eigenvalue weighted by Gasteiger charge is 2.41. The Morgan fingerprint density at radius 3 is 2.59 bits per heavy atom. The summed E-state index contributed by atoms with van der Waals surface area (Å²) < 4.78 is 23.5. The Balaban J connectivity index is 1.13. The Labute approximate surface area is 189 Å². The lowest BCUT2D eigenvalue weighted by Gasteiger charge is -2.34. The fourth-order valence-electron chi connectivity index (χ4n) is 4.66. The molecule has 1 aromatic heterocycles. The van der Waals surface area contributed by atoms with Gasteiger partial charge in [-0.05, 0) is 69.1 Å². The van der Waals surface area contributed by atoms with Crippen LogP contribution >= 0.6 is 0 Å². The summed E-state index contributed by atoms with van der Waals surface area (Å²) in [5.41, 5.74) is 1.68. The number of carbonyl (C=O) groups is 1. The number of aromatic nitrogens is 1. The fraction of sp³-hybridized carbons (Fsp3) is 0.520. The summed E-state index contributed by atoms with van der Waals surface area (Å²) in [6, 6.07) is 10.9. The number of ether oxygens (including phenoxy) is 2. The van der Waals surface area contributed by atoms with Crippen molar-refractivity contribution in [2.75, 3.05) is 46.9 Å². The molecule has 4 rings (SSSR count). The van der Waals surface area contributed by atoms with Gasteiger partial charge in [0.05, 0.1) is 12.7 Å². The van der Waals surface area contributed by atoms with Crippen LogP contribution in [0.2, 0.25) is 0 Å². The lowest BCUT2D eigenvalue weighted by atomic mass is 9.96. The average Bonchev–Trinajstić information content (AvgIpc) is 3.62. The van der Waals surface area contributed by atoms with Crippen LogP contribution in [0.3, 0.4) is 0 Å². The number of likely N-dealkylation sites (tertiary alicyclic amines) is 1. The highest BCUT2D eigenvalue weighted by molar-refractivity contribution is 5.88. The zero-order valence-electron chi connectivity index (χ0n) is 18.9. The quantitative estimate of drug-likeness (QED) is 0.555. The number of halogens is 1. The van der Waals surface area contributed by atoms with Crippen LogP contribution in [0.1, 0.15) is 41.1 Å². The van der Waals surface area contributed by atoms with E-state index < -0.39 is 5.97 Å². The first-order chi connectivity index (χ1) is 15.5. The van der Waals surface area contributed by atoms with Crippen LogP contribution < -0.4 is 4.74 Å². The van der Waals surface area contributed by atoms with Crippen LogP contribution in [0.5, 0.6) is 5.88 Å². The van der Waals surface area contributed by atoms with Crippen LogP contribution in [0, 0.1) is 11.7 Å². The number of methoxy groups -OCH3 is 1. The number of hydrogen-bond donors (Lipinski definition) is 0. The maximum Gasteiger partial charge on any atom is 0.339 e. The molecule has 1 saturated carbocycles. The molecule has 2 unspecified atom stereocenters. The van der Waals surface area contributed by atoms with Gasteiger partial charge in [0.15, 0.2) is 0 Å². The lowest BCUT2D eigenvalue weighted by molar-refractivity contribution is 0.0600. The molecule has 0 bridgehead atoms. The molecule has 2 aromatic rings. The summed E-state index contributed by atoms with van der Waals surface area (Å²) >= 11 is 0. The topological polar surface area (TPSA) is 54.9 Å². The molecule has 0 N–H and O–H groups in total. The van der Waals surface area contributed by atoms with E-state index in [1.165, 1.54) is 38.1 Å². The van der Waals surface area contributed by atoms with Crippen LogP contribution in [-0.4, -0.2) is 73.7 Å². The monoisotopic (exact) mass is 441 g/mol. The Bertz CT molecular complexity index is 882. The van der Waals surface area contributed by atoms with Gasteiger partial charge in [0.25, 0.3) is 0 Å². The van der Waals surface area contributed by atoms with Gasteiger partial charge in [-0.15, -0.1) is 0 Å². The summed E-state index contributed by atoms with van der Waals surface area (Å²) in [5.74, 6) is 1.23. The maximum atomic E-state index is 13.1. The lowest BCUT2D eigenvalue weighted by Crippen LogP contribution is -2.40. The predicted octanol–water partition coefficient (Wildman–Crippen LogP) is 3.59. The third kappa shape index (κ3) is 5.84. The molecule has 0 radical (unpaired) electrons. The van der Waals surface area contributed by atoms with E-state index in [0.717, 1.165) is 32.1 Å². The summed E-state index contributed by atoms with van der Waals surface area (Å²) in [6.45, 7) is 4.75. The van der Waals surface area contributed by atoms with E-state index in [1.807, 2.05) is 12.1 Å². The number of carbonyl (C=O) groups excluding carboxylic acids is 1. The van der Waals surface area contributed by atoms with Gasteiger partial charge in [0.1, 0.15) is 12.4 Å². The molecule has 0 amide bonds. The number of nitrogens with zero attached hydrogens (tertiary/aromatic N) is 3. The number of likely N-dealkylation sites (N-methyl/N-ethyl adjacent to an activating group) is 1. The first kappa shape index (κ1) is 22.7. The van der Waals surface area contributed by atoms with Crippen LogP contribution in [0.15, 0.2) is 42.6 Å². The number of pyridine rings is 1. The van der Waals surface area contributed by atoms with E-state index in [4.69, 9.17) is 4.74 Å². The Morgan fingerprint density at radius 1 is 1.19 bits per heavy atom. The Kier molecular flexibility index (Phi) is 7.37. The fourth-order valence-corrected chi connectivity index (χ4v) is 4.66. The summed E-state index contributed by atoms with van der Waals surface area (Å²) in [7, 11) is 3.58. The van der Waals surface area contributed by atoms with Gasteiger partial charge in [0.2, 0.25) is 5.88 Å².